The fourth-order valence-corrected chi connectivity index (χ4v) is 2.59. The quantitative estimate of drug-likeness (QED) is 0.592. The molecule has 0 spiro atoms. The lowest BCUT2D eigenvalue weighted by molar-refractivity contribution is -0.386. The molecule has 1 heterocycles. The van der Waals surface area contributed by atoms with Crippen LogP contribution in [-0.4, -0.2) is 37.9 Å². The maximum absolute atomic E-state index is 12.1. The first-order valence-electron chi connectivity index (χ1n) is 6.88. The summed E-state index contributed by atoms with van der Waals surface area (Å²) in [7, 11) is 0. The lowest BCUT2D eigenvalue weighted by Crippen LogP contribution is -2.51. The van der Waals surface area contributed by atoms with E-state index in [1.807, 2.05) is 6.92 Å². The molecule has 1 amide bonds. The minimum absolute atomic E-state index is 0.0603. The first-order valence-corrected chi connectivity index (χ1v) is 6.88. The lowest BCUT2D eigenvalue weighted by Gasteiger charge is -2.28. The molecule has 2 N–H and O–H groups in total. The molecule has 1 atom stereocenters. The van der Waals surface area contributed by atoms with Crippen molar-refractivity contribution in [1.82, 2.24) is 15.1 Å². The number of nitrogens with zero attached hydrogens (tertiary/aromatic N) is 3. The van der Waals surface area contributed by atoms with E-state index in [1.165, 1.54) is 4.68 Å². The third-order valence-electron chi connectivity index (χ3n) is 4.05. The smallest absolute Gasteiger partial charge is 0.312 e. The Morgan fingerprint density at radius 3 is 2.62 bits per heavy atom. The molecule has 1 aliphatic rings. The van der Waals surface area contributed by atoms with Crippen molar-refractivity contribution in [2.75, 3.05) is 6.61 Å². The van der Waals surface area contributed by atoms with Crippen LogP contribution in [0.25, 0.3) is 0 Å². The zero-order chi connectivity index (χ0) is 15.8. The van der Waals surface area contributed by atoms with E-state index >= 15 is 0 Å². The minimum atomic E-state index is -0.626. The number of nitro groups is 1. The van der Waals surface area contributed by atoms with Gasteiger partial charge in [0.1, 0.15) is 17.9 Å². The zero-order valence-corrected chi connectivity index (χ0v) is 12.4. The van der Waals surface area contributed by atoms with Crippen molar-refractivity contribution in [3.63, 3.8) is 0 Å². The second kappa shape index (κ2) is 5.44. The Labute approximate surface area is 122 Å². The van der Waals surface area contributed by atoms with E-state index in [9.17, 15) is 20.0 Å². The fourth-order valence-electron chi connectivity index (χ4n) is 2.59. The predicted molar refractivity (Wildman–Crippen MR) is 74.7 cm³/mol. The molecule has 0 saturated heterocycles. The van der Waals surface area contributed by atoms with Gasteiger partial charge in [0.25, 0.3) is 0 Å². The van der Waals surface area contributed by atoms with Crippen LogP contribution in [0.5, 0.6) is 0 Å². The molecular formula is C13H20N4O4. The molecule has 116 valence electrons. The SMILES string of the molecule is Cc1nn(CC(=O)NC(C)(CO)C2CC2)c(C)c1[N+](=O)[O-]. The number of aliphatic hydroxyl groups excluding tert-OH is 1. The van der Waals surface area contributed by atoms with Crippen LogP contribution in [-0.2, 0) is 11.3 Å². The van der Waals surface area contributed by atoms with Gasteiger partial charge in [-0.3, -0.25) is 19.6 Å². The third-order valence-corrected chi connectivity index (χ3v) is 4.05. The molecule has 1 aromatic rings. The Hall–Kier alpha value is -1.96. The van der Waals surface area contributed by atoms with Crippen molar-refractivity contribution in [3.05, 3.63) is 21.5 Å². The van der Waals surface area contributed by atoms with Crippen LogP contribution in [0.3, 0.4) is 0 Å². The summed E-state index contributed by atoms with van der Waals surface area (Å²) in [5, 5.41) is 27.3. The second-order valence-corrected chi connectivity index (χ2v) is 5.83. The number of carbonyl (C=O) groups is 1. The van der Waals surface area contributed by atoms with Crippen LogP contribution in [0.4, 0.5) is 5.69 Å². The normalized spacial score (nSPS) is 17.3. The monoisotopic (exact) mass is 296 g/mol. The van der Waals surface area contributed by atoms with E-state index in [0.717, 1.165) is 12.8 Å². The van der Waals surface area contributed by atoms with Gasteiger partial charge in [0.15, 0.2) is 0 Å². The van der Waals surface area contributed by atoms with E-state index in [-0.39, 0.29) is 30.4 Å². The van der Waals surface area contributed by atoms with E-state index < -0.39 is 10.5 Å². The molecule has 0 bridgehead atoms. The average molecular weight is 296 g/mol. The van der Waals surface area contributed by atoms with Crippen LogP contribution in [0, 0.1) is 29.9 Å². The summed E-state index contributed by atoms with van der Waals surface area (Å²) in [6, 6.07) is 0. The van der Waals surface area contributed by atoms with Crippen molar-refractivity contribution in [3.8, 4) is 0 Å². The van der Waals surface area contributed by atoms with E-state index in [0.29, 0.717) is 11.6 Å². The van der Waals surface area contributed by atoms with Crippen molar-refractivity contribution in [2.45, 2.75) is 45.7 Å². The van der Waals surface area contributed by atoms with Crippen LogP contribution in [0.1, 0.15) is 31.2 Å². The van der Waals surface area contributed by atoms with E-state index in [1.54, 1.807) is 13.8 Å². The molecule has 21 heavy (non-hydrogen) atoms. The maximum atomic E-state index is 12.1. The van der Waals surface area contributed by atoms with E-state index in [2.05, 4.69) is 10.4 Å². The number of rotatable bonds is 6. The molecule has 8 heteroatoms. The zero-order valence-electron chi connectivity index (χ0n) is 12.4. The number of carbonyl (C=O) groups excluding carboxylic acids is 1. The van der Waals surface area contributed by atoms with Gasteiger partial charge in [-0.2, -0.15) is 5.10 Å². The van der Waals surface area contributed by atoms with Gasteiger partial charge in [0, 0.05) is 0 Å². The van der Waals surface area contributed by atoms with Crippen LogP contribution >= 0.6 is 0 Å². The molecule has 1 saturated carbocycles. The number of hydrogen-bond donors (Lipinski definition) is 2. The van der Waals surface area contributed by atoms with Gasteiger partial charge in [-0.15, -0.1) is 0 Å². The molecule has 1 aliphatic carbocycles. The molecular weight excluding hydrogens is 276 g/mol. The van der Waals surface area contributed by atoms with Gasteiger partial charge < -0.3 is 10.4 Å². The summed E-state index contributed by atoms with van der Waals surface area (Å²) in [5.41, 5.74) is -0.0452. The largest absolute Gasteiger partial charge is 0.394 e. The van der Waals surface area contributed by atoms with Crippen LogP contribution < -0.4 is 5.32 Å². The Bertz CT molecular complexity index is 579. The van der Waals surface area contributed by atoms with Crippen LogP contribution in [0.2, 0.25) is 0 Å². The standard InChI is InChI=1S/C13H20N4O4/c1-8-12(17(20)21)9(2)16(15-8)6-11(19)14-13(3,7-18)10-4-5-10/h10,18H,4-7H2,1-3H3,(H,14,19). The second-order valence-electron chi connectivity index (χ2n) is 5.83. The molecule has 0 aliphatic heterocycles. The number of hydrogen-bond acceptors (Lipinski definition) is 5. The maximum Gasteiger partial charge on any atom is 0.312 e. The molecule has 1 fully saturated rings. The van der Waals surface area contributed by atoms with Crippen molar-refractivity contribution >= 4 is 11.6 Å². The number of aryl methyl sites for hydroxylation is 1. The summed E-state index contributed by atoms with van der Waals surface area (Å²) >= 11 is 0. The molecule has 1 unspecified atom stereocenters. The van der Waals surface area contributed by atoms with Gasteiger partial charge >= 0.3 is 5.69 Å². The highest BCUT2D eigenvalue weighted by Crippen LogP contribution is 2.39. The first kappa shape index (κ1) is 15.4. The molecule has 2 rings (SSSR count). The first-order chi connectivity index (χ1) is 9.78. The topological polar surface area (TPSA) is 110 Å². The summed E-state index contributed by atoms with van der Waals surface area (Å²) in [5.74, 6) is -0.0137. The highest BCUT2D eigenvalue weighted by molar-refractivity contribution is 5.76. The summed E-state index contributed by atoms with van der Waals surface area (Å²) in [6.45, 7) is 4.70. The fraction of sp³-hybridized carbons (Fsp3) is 0.692. The summed E-state index contributed by atoms with van der Waals surface area (Å²) in [6.07, 6.45) is 1.98. The Morgan fingerprint density at radius 2 is 2.19 bits per heavy atom. The van der Waals surface area contributed by atoms with Crippen LogP contribution in [0.15, 0.2) is 0 Å². The van der Waals surface area contributed by atoms with Crippen molar-refractivity contribution < 1.29 is 14.8 Å². The number of amides is 1. The minimum Gasteiger partial charge on any atom is -0.394 e. The third kappa shape index (κ3) is 3.05. The summed E-state index contributed by atoms with van der Waals surface area (Å²) in [4.78, 5) is 22.5. The Balaban J connectivity index is 2.10. The lowest BCUT2D eigenvalue weighted by atomic mass is 9.97. The summed E-state index contributed by atoms with van der Waals surface area (Å²) < 4.78 is 1.33. The van der Waals surface area contributed by atoms with Gasteiger partial charge in [-0.1, -0.05) is 0 Å². The predicted octanol–water partition coefficient (Wildman–Crippen LogP) is 0.685. The highest BCUT2D eigenvalue weighted by Gasteiger charge is 2.42. The van der Waals surface area contributed by atoms with Gasteiger partial charge in [0.2, 0.25) is 5.91 Å². The van der Waals surface area contributed by atoms with Gasteiger partial charge in [-0.25, -0.2) is 0 Å². The molecule has 0 radical (unpaired) electrons. The number of aromatic nitrogens is 2. The van der Waals surface area contributed by atoms with Gasteiger partial charge in [-0.05, 0) is 39.5 Å². The molecule has 0 aromatic carbocycles. The highest BCUT2D eigenvalue weighted by atomic mass is 16.6. The van der Waals surface area contributed by atoms with Crippen molar-refractivity contribution in [1.29, 1.82) is 0 Å². The Kier molecular flexibility index (Phi) is 3.99. The number of nitrogens with one attached hydrogen (secondary N) is 1. The number of aliphatic hydroxyl groups is 1. The van der Waals surface area contributed by atoms with Gasteiger partial charge in [0.05, 0.1) is 17.1 Å². The molecule has 8 nitrogen and oxygen atoms in total. The van der Waals surface area contributed by atoms with Crippen molar-refractivity contribution in [2.24, 2.45) is 5.92 Å². The van der Waals surface area contributed by atoms with E-state index in [4.69, 9.17) is 0 Å². The Morgan fingerprint density at radius 1 is 1.57 bits per heavy atom. The average Bonchev–Trinajstić information content (AvgIpc) is 3.18. The molecule has 1 aromatic heterocycles.